The molecule has 0 radical (unpaired) electrons. The predicted octanol–water partition coefficient (Wildman–Crippen LogP) is 0.432. The lowest BCUT2D eigenvalue weighted by atomic mass is 10.0. The van der Waals surface area contributed by atoms with Crippen molar-refractivity contribution in [2.24, 2.45) is 5.92 Å². The van der Waals surface area contributed by atoms with Crippen molar-refractivity contribution < 1.29 is 14.3 Å². The molecule has 6 nitrogen and oxygen atoms in total. The van der Waals surface area contributed by atoms with Crippen molar-refractivity contribution in [3.63, 3.8) is 0 Å². The Balaban J connectivity index is 1.65. The first kappa shape index (κ1) is 14.6. The molecule has 1 aromatic heterocycles. The number of carbonyl (C=O) groups is 1. The van der Waals surface area contributed by atoms with Gasteiger partial charge in [0.2, 0.25) is 0 Å². The van der Waals surface area contributed by atoms with E-state index >= 15 is 0 Å². The Morgan fingerprint density at radius 1 is 1.52 bits per heavy atom. The quantitative estimate of drug-likeness (QED) is 0.855. The highest BCUT2D eigenvalue weighted by Crippen LogP contribution is 2.33. The number of nitrogens with one attached hydrogen (secondary N) is 1. The lowest BCUT2D eigenvalue weighted by Gasteiger charge is -2.21. The maximum Gasteiger partial charge on any atom is 0.270 e. The molecular weight excluding hydrogens is 270 g/mol. The molecule has 0 aromatic carbocycles. The number of carbonyl (C=O) groups excluding carboxylic acids is 1. The van der Waals surface area contributed by atoms with Crippen LogP contribution in [0.25, 0.3) is 0 Å². The van der Waals surface area contributed by atoms with Gasteiger partial charge in [-0.15, -0.1) is 0 Å². The van der Waals surface area contributed by atoms with Gasteiger partial charge in [-0.05, 0) is 26.2 Å². The molecule has 6 heteroatoms. The van der Waals surface area contributed by atoms with E-state index in [-0.39, 0.29) is 18.1 Å². The Bertz CT molecular complexity index is 475. The summed E-state index contributed by atoms with van der Waals surface area (Å²) < 4.78 is 11.6. The molecule has 3 rings (SSSR count). The summed E-state index contributed by atoms with van der Waals surface area (Å²) in [6.45, 7) is 3.53. The standard InChI is InChI=1S/C15H23N3O3/c1-17(2)6-7-21-14-8-18(13-10-20-9-11(13)14)15(19)12-4-3-5-16-12/h3-5,11,13-14,16H,6-10H2,1-2H3/t11-,13+,14-/m0/s1. The summed E-state index contributed by atoms with van der Waals surface area (Å²) in [4.78, 5) is 19.5. The summed E-state index contributed by atoms with van der Waals surface area (Å²) >= 11 is 0. The topological polar surface area (TPSA) is 57.8 Å². The number of hydrogen-bond acceptors (Lipinski definition) is 4. The highest BCUT2D eigenvalue weighted by Gasteiger charge is 2.48. The number of aromatic nitrogens is 1. The Morgan fingerprint density at radius 3 is 3.10 bits per heavy atom. The van der Waals surface area contributed by atoms with Gasteiger partial charge in [0.1, 0.15) is 5.69 Å². The number of nitrogens with zero attached hydrogens (tertiary/aromatic N) is 2. The van der Waals surface area contributed by atoms with Crippen LogP contribution >= 0.6 is 0 Å². The van der Waals surface area contributed by atoms with E-state index in [0.29, 0.717) is 38.0 Å². The van der Waals surface area contributed by atoms with Crippen LogP contribution in [0.15, 0.2) is 18.3 Å². The van der Waals surface area contributed by atoms with Crippen molar-refractivity contribution in [1.82, 2.24) is 14.8 Å². The van der Waals surface area contributed by atoms with Crippen molar-refractivity contribution >= 4 is 5.91 Å². The molecule has 1 N–H and O–H groups in total. The van der Waals surface area contributed by atoms with Gasteiger partial charge in [-0.2, -0.15) is 0 Å². The fourth-order valence-electron chi connectivity index (χ4n) is 3.11. The zero-order chi connectivity index (χ0) is 14.8. The summed E-state index contributed by atoms with van der Waals surface area (Å²) in [5, 5.41) is 0. The van der Waals surface area contributed by atoms with E-state index in [1.807, 2.05) is 31.1 Å². The van der Waals surface area contributed by atoms with Crippen LogP contribution in [-0.4, -0.2) is 79.8 Å². The highest BCUT2D eigenvalue weighted by molar-refractivity contribution is 5.93. The lowest BCUT2D eigenvalue weighted by Crippen LogP contribution is -2.38. The molecule has 0 unspecified atom stereocenters. The molecule has 2 fully saturated rings. The van der Waals surface area contributed by atoms with E-state index in [9.17, 15) is 4.79 Å². The molecule has 2 saturated heterocycles. The van der Waals surface area contributed by atoms with Crippen LogP contribution < -0.4 is 0 Å². The molecule has 0 spiro atoms. The van der Waals surface area contributed by atoms with E-state index in [0.717, 1.165) is 6.54 Å². The average Bonchev–Trinajstić information content (AvgIpc) is 3.16. The molecule has 0 bridgehead atoms. The molecule has 3 heterocycles. The molecule has 1 amide bonds. The molecule has 21 heavy (non-hydrogen) atoms. The Labute approximate surface area is 125 Å². The lowest BCUT2D eigenvalue weighted by molar-refractivity contribution is 0.0135. The Hall–Kier alpha value is -1.37. The number of rotatable bonds is 5. The number of likely N-dealkylation sites (tertiary alicyclic amines) is 1. The van der Waals surface area contributed by atoms with Crippen LogP contribution in [0.5, 0.6) is 0 Å². The second-order valence-corrected chi connectivity index (χ2v) is 6.02. The van der Waals surface area contributed by atoms with E-state index in [1.165, 1.54) is 0 Å². The first-order chi connectivity index (χ1) is 10.2. The minimum atomic E-state index is 0.0409. The van der Waals surface area contributed by atoms with E-state index < -0.39 is 0 Å². The first-order valence-corrected chi connectivity index (χ1v) is 7.45. The number of ether oxygens (including phenoxy) is 2. The van der Waals surface area contributed by atoms with Gasteiger partial charge >= 0.3 is 0 Å². The molecule has 2 aliphatic rings. The maximum absolute atomic E-state index is 12.6. The molecule has 3 atom stereocenters. The third-order valence-electron chi connectivity index (χ3n) is 4.31. The summed E-state index contributed by atoms with van der Waals surface area (Å²) in [6.07, 6.45) is 1.85. The zero-order valence-corrected chi connectivity index (χ0v) is 12.6. The van der Waals surface area contributed by atoms with Gasteiger partial charge in [-0.25, -0.2) is 0 Å². The molecule has 116 valence electrons. The van der Waals surface area contributed by atoms with E-state index in [1.54, 1.807) is 6.20 Å². The third kappa shape index (κ3) is 2.97. The van der Waals surface area contributed by atoms with Gasteiger partial charge in [0.25, 0.3) is 5.91 Å². The van der Waals surface area contributed by atoms with Crippen molar-refractivity contribution in [3.8, 4) is 0 Å². The second-order valence-electron chi connectivity index (χ2n) is 6.02. The summed E-state index contributed by atoms with van der Waals surface area (Å²) in [5.74, 6) is 0.338. The van der Waals surface area contributed by atoms with Gasteiger partial charge in [-0.3, -0.25) is 4.79 Å². The maximum atomic E-state index is 12.6. The van der Waals surface area contributed by atoms with Crippen molar-refractivity contribution in [1.29, 1.82) is 0 Å². The van der Waals surface area contributed by atoms with Gasteiger partial charge in [0.05, 0.1) is 32.0 Å². The van der Waals surface area contributed by atoms with Gasteiger partial charge in [0, 0.05) is 25.2 Å². The smallest absolute Gasteiger partial charge is 0.270 e. The van der Waals surface area contributed by atoms with Gasteiger partial charge in [0.15, 0.2) is 0 Å². The van der Waals surface area contributed by atoms with Crippen molar-refractivity contribution in [2.45, 2.75) is 12.1 Å². The van der Waals surface area contributed by atoms with E-state index in [2.05, 4.69) is 9.88 Å². The number of hydrogen-bond donors (Lipinski definition) is 1. The van der Waals surface area contributed by atoms with Crippen LogP contribution in [0, 0.1) is 5.92 Å². The van der Waals surface area contributed by atoms with Gasteiger partial charge < -0.3 is 24.3 Å². The zero-order valence-electron chi connectivity index (χ0n) is 12.6. The highest BCUT2D eigenvalue weighted by atomic mass is 16.5. The average molecular weight is 293 g/mol. The minimum Gasteiger partial charge on any atom is -0.379 e. The number of amides is 1. The van der Waals surface area contributed by atoms with Crippen molar-refractivity contribution in [2.75, 3.05) is 47.0 Å². The normalized spacial score (nSPS) is 28.3. The molecular formula is C15H23N3O3. The second kappa shape index (κ2) is 6.17. The van der Waals surface area contributed by atoms with Crippen molar-refractivity contribution in [3.05, 3.63) is 24.0 Å². The molecule has 1 aromatic rings. The number of aromatic amines is 1. The fraction of sp³-hybridized carbons (Fsp3) is 0.667. The summed E-state index contributed by atoms with van der Waals surface area (Å²) in [7, 11) is 4.06. The molecule has 2 aliphatic heterocycles. The van der Waals surface area contributed by atoms with Gasteiger partial charge in [-0.1, -0.05) is 0 Å². The van der Waals surface area contributed by atoms with Crippen LogP contribution in [0.2, 0.25) is 0 Å². The number of likely N-dealkylation sites (N-methyl/N-ethyl adjacent to an activating group) is 1. The fourth-order valence-corrected chi connectivity index (χ4v) is 3.11. The van der Waals surface area contributed by atoms with Crippen LogP contribution in [0.4, 0.5) is 0 Å². The SMILES string of the molecule is CN(C)CCO[C@H]1CN(C(=O)c2ccc[nH]2)[C@@H]2COC[C@H]12. The Kier molecular flexibility index (Phi) is 4.28. The summed E-state index contributed by atoms with van der Waals surface area (Å²) in [5.41, 5.74) is 0.634. The van der Waals surface area contributed by atoms with Crippen LogP contribution in [0.3, 0.4) is 0 Å². The Morgan fingerprint density at radius 2 is 2.38 bits per heavy atom. The summed E-state index contributed by atoms with van der Waals surface area (Å²) in [6, 6.07) is 3.80. The number of fused-ring (bicyclic) bond motifs is 1. The van der Waals surface area contributed by atoms with Crippen LogP contribution in [-0.2, 0) is 9.47 Å². The molecule has 0 aliphatic carbocycles. The third-order valence-corrected chi connectivity index (χ3v) is 4.31. The monoisotopic (exact) mass is 293 g/mol. The van der Waals surface area contributed by atoms with E-state index in [4.69, 9.17) is 9.47 Å². The molecule has 0 saturated carbocycles. The predicted molar refractivity (Wildman–Crippen MR) is 78.2 cm³/mol. The minimum absolute atomic E-state index is 0.0409. The first-order valence-electron chi connectivity index (χ1n) is 7.45. The number of H-pyrrole nitrogens is 1. The largest absolute Gasteiger partial charge is 0.379 e. The van der Waals surface area contributed by atoms with Crippen LogP contribution in [0.1, 0.15) is 10.5 Å².